The van der Waals surface area contributed by atoms with Crippen LogP contribution in [0.15, 0.2) is 36.7 Å². The van der Waals surface area contributed by atoms with Gasteiger partial charge in [0.1, 0.15) is 12.4 Å². The molecule has 0 aliphatic carbocycles. The summed E-state index contributed by atoms with van der Waals surface area (Å²) in [5, 5.41) is 7.55. The Balaban J connectivity index is 1.58. The Morgan fingerprint density at radius 3 is 2.86 bits per heavy atom. The minimum Gasteiger partial charge on any atom is -0.492 e. The lowest BCUT2D eigenvalue weighted by molar-refractivity contribution is 0.291. The summed E-state index contributed by atoms with van der Waals surface area (Å²) in [5.41, 5.74) is 2.59. The van der Waals surface area contributed by atoms with Crippen LogP contribution in [0.25, 0.3) is 0 Å². The Morgan fingerprint density at radius 1 is 1.29 bits per heavy atom. The molecule has 0 bridgehead atoms. The van der Waals surface area contributed by atoms with E-state index in [1.807, 2.05) is 16.9 Å². The average molecular weight is 286 g/mol. The summed E-state index contributed by atoms with van der Waals surface area (Å²) in [4.78, 5) is 2.43. The van der Waals surface area contributed by atoms with Crippen molar-refractivity contribution in [2.75, 3.05) is 37.7 Å². The van der Waals surface area contributed by atoms with Crippen molar-refractivity contribution in [3.8, 4) is 5.75 Å². The Labute approximate surface area is 125 Å². The van der Waals surface area contributed by atoms with Crippen molar-refractivity contribution in [1.29, 1.82) is 0 Å². The van der Waals surface area contributed by atoms with Crippen LogP contribution in [-0.2, 0) is 6.54 Å². The first-order valence-electron chi connectivity index (χ1n) is 7.49. The van der Waals surface area contributed by atoms with Gasteiger partial charge in [-0.15, -0.1) is 0 Å². The number of piperazine rings is 1. The molecule has 0 spiro atoms. The van der Waals surface area contributed by atoms with E-state index in [1.54, 1.807) is 6.20 Å². The second kappa shape index (κ2) is 6.63. The number of nitrogens with one attached hydrogen (secondary N) is 1. The van der Waals surface area contributed by atoms with E-state index in [9.17, 15) is 0 Å². The second-order valence-corrected chi connectivity index (χ2v) is 5.30. The number of aromatic nitrogens is 2. The summed E-state index contributed by atoms with van der Waals surface area (Å²) in [6.07, 6.45) is 3.73. The molecule has 0 saturated carbocycles. The van der Waals surface area contributed by atoms with Crippen molar-refractivity contribution in [3.05, 3.63) is 42.2 Å². The van der Waals surface area contributed by atoms with Gasteiger partial charge in [0.2, 0.25) is 0 Å². The highest BCUT2D eigenvalue weighted by Gasteiger charge is 2.12. The van der Waals surface area contributed by atoms with Crippen molar-refractivity contribution in [1.82, 2.24) is 15.1 Å². The Bertz CT molecular complexity index is 562. The molecule has 1 fully saturated rings. The standard InChI is InChI=1S/C16H22N4O/c1-14-13-15(21-12-11-20-8-2-5-18-20)3-4-16(14)19-9-6-17-7-10-19/h2-5,8,13,17H,6-7,9-12H2,1H3. The largest absolute Gasteiger partial charge is 0.492 e. The van der Waals surface area contributed by atoms with E-state index in [0.717, 1.165) is 38.5 Å². The number of anilines is 1. The molecule has 112 valence electrons. The molecule has 1 aromatic heterocycles. The van der Waals surface area contributed by atoms with E-state index in [2.05, 4.69) is 40.4 Å². The highest BCUT2D eigenvalue weighted by Crippen LogP contribution is 2.25. The molecule has 2 aromatic rings. The fourth-order valence-corrected chi connectivity index (χ4v) is 2.67. The van der Waals surface area contributed by atoms with Gasteiger partial charge < -0.3 is 15.0 Å². The summed E-state index contributed by atoms with van der Waals surface area (Å²) in [6.45, 7) is 7.81. The number of hydrogen-bond donors (Lipinski definition) is 1. The number of nitrogens with zero attached hydrogens (tertiary/aromatic N) is 3. The second-order valence-electron chi connectivity index (χ2n) is 5.30. The summed E-state index contributed by atoms with van der Waals surface area (Å²) < 4.78 is 7.69. The Kier molecular flexibility index (Phi) is 4.40. The predicted octanol–water partition coefficient (Wildman–Crippen LogP) is 1.68. The number of hydrogen-bond acceptors (Lipinski definition) is 4. The number of ether oxygens (including phenoxy) is 1. The quantitative estimate of drug-likeness (QED) is 0.908. The van der Waals surface area contributed by atoms with Crippen molar-refractivity contribution >= 4 is 5.69 Å². The predicted molar refractivity (Wildman–Crippen MR) is 84.0 cm³/mol. The van der Waals surface area contributed by atoms with Crippen LogP contribution in [0.3, 0.4) is 0 Å². The first-order valence-corrected chi connectivity index (χ1v) is 7.49. The number of rotatable bonds is 5. The molecule has 5 heteroatoms. The van der Waals surface area contributed by atoms with Gasteiger partial charge in [0.25, 0.3) is 0 Å². The van der Waals surface area contributed by atoms with Crippen LogP contribution in [0.5, 0.6) is 5.75 Å². The van der Waals surface area contributed by atoms with E-state index >= 15 is 0 Å². The third-order valence-corrected chi connectivity index (χ3v) is 3.77. The van der Waals surface area contributed by atoms with Gasteiger partial charge in [-0.25, -0.2) is 0 Å². The van der Waals surface area contributed by atoms with Crippen LogP contribution in [0.2, 0.25) is 0 Å². The van der Waals surface area contributed by atoms with Crippen LogP contribution in [0.1, 0.15) is 5.56 Å². The molecular weight excluding hydrogens is 264 g/mol. The van der Waals surface area contributed by atoms with Crippen molar-refractivity contribution in [2.24, 2.45) is 0 Å². The third kappa shape index (κ3) is 3.55. The highest BCUT2D eigenvalue weighted by atomic mass is 16.5. The maximum absolute atomic E-state index is 5.81. The fraction of sp³-hybridized carbons (Fsp3) is 0.438. The van der Waals surface area contributed by atoms with Gasteiger partial charge >= 0.3 is 0 Å². The summed E-state index contributed by atoms with van der Waals surface area (Å²) in [7, 11) is 0. The van der Waals surface area contributed by atoms with Crippen LogP contribution in [0, 0.1) is 6.92 Å². The zero-order chi connectivity index (χ0) is 14.5. The topological polar surface area (TPSA) is 42.3 Å². The summed E-state index contributed by atoms with van der Waals surface area (Å²) in [6, 6.07) is 8.28. The zero-order valence-corrected chi connectivity index (χ0v) is 12.5. The van der Waals surface area contributed by atoms with Gasteiger partial charge in [-0.2, -0.15) is 5.10 Å². The minimum absolute atomic E-state index is 0.633. The normalized spacial score (nSPS) is 15.2. The molecule has 0 radical (unpaired) electrons. The molecule has 1 aromatic carbocycles. The lowest BCUT2D eigenvalue weighted by Gasteiger charge is -2.30. The highest BCUT2D eigenvalue weighted by molar-refractivity contribution is 5.56. The molecular formula is C16H22N4O. The fourth-order valence-electron chi connectivity index (χ4n) is 2.67. The summed E-state index contributed by atoms with van der Waals surface area (Å²) in [5.74, 6) is 0.929. The van der Waals surface area contributed by atoms with Crippen molar-refractivity contribution < 1.29 is 4.74 Å². The van der Waals surface area contributed by atoms with Gasteiger partial charge in [0.15, 0.2) is 0 Å². The third-order valence-electron chi connectivity index (χ3n) is 3.77. The first-order chi connectivity index (χ1) is 10.3. The monoisotopic (exact) mass is 286 g/mol. The lowest BCUT2D eigenvalue weighted by Crippen LogP contribution is -2.43. The molecule has 0 amide bonds. The van der Waals surface area contributed by atoms with Crippen molar-refractivity contribution in [3.63, 3.8) is 0 Å². The first kappa shape index (κ1) is 13.9. The molecule has 0 atom stereocenters. The molecule has 21 heavy (non-hydrogen) atoms. The number of benzene rings is 1. The Hall–Kier alpha value is -2.01. The molecule has 0 unspecified atom stereocenters. The molecule has 3 rings (SSSR count). The summed E-state index contributed by atoms with van der Waals surface area (Å²) >= 11 is 0. The van der Waals surface area contributed by atoms with E-state index in [0.29, 0.717) is 6.61 Å². The van der Waals surface area contributed by atoms with E-state index < -0.39 is 0 Å². The Morgan fingerprint density at radius 2 is 2.14 bits per heavy atom. The van der Waals surface area contributed by atoms with E-state index in [-0.39, 0.29) is 0 Å². The molecule has 1 aliphatic rings. The smallest absolute Gasteiger partial charge is 0.119 e. The molecule has 5 nitrogen and oxygen atoms in total. The molecule has 2 heterocycles. The lowest BCUT2D eigenvalue weighted by atomic mass is 10.1. The van der Waals surface area contributed by atoms with Gasteiger partial charge in [-0.05, 0) is 36.8 Å². The van der Waals surface area contributed by atoms with E-state index in [4.69, 9.17) is 4.74 Å². The van der Waals surface area contributed by atoms with Crippen LogP contribution in [0.4, 0.5) is 5.69 Å². The SMILES string of the molecule is Cc1cc(OCCn2cccn2)ccc1N1CCNCC1. The molecule has 1 N–H and O–H groups in total. The van der Waals surface area contributed by atoms with Gasteiger partial charge in [-0.3, -0.25) is 4.68 Å². The number of aryl methyl sites for hydroxylation is 1. The van der Waals surface area contributed by atoms with Crippen LogP contribution >= 0.6 is 0 Å². The molecule has 1 saturated heterocycles. The maximum Gasteiger partial charge on any atom is 0.119 e. The minimum atomic E-state index is 0.633. The van der Waals surface area contributed by atoms with E-state index in [1.165, 1.54) is 11.3 Å². The van der Waals surface area contributed by atoms with Crippen molar-refractivity contribution in [2.45, 2.75) is 13.5 Å². The van der Waals surface area contributed by atoms with Crippen LogP contribution in [-0.4, -0.2) is 42.6 Å². The van der Waals surface area contributed by atoms with Gasteiger partial charge in [0, 0.05) is 44.3 Å². The zero-order valence-electron chi connectivity index (χ0n) is 12.5. The van der Waals surface area contributed by atoms with Crippen LogP contribution < -0.4 is 15.0 Å². The maximum atomic E-state index is 5.81. The average Bonchev–Trinajstić information content (AvgIpc) is 3.02. The van der Waals surface area contributed by atoms with Gasteiger partial charge in [-0.1, -0.05) is 0 Å². The molecule has 1 aliphatic heterocycles. The van der Waals surface area contributed by atoms with Gasteiger partial charge in [0.05, 0.1) is 6.54 Å².